The summed E-state index contributed by atoms with van der Waals surface area (Å²) >= 11 is 0. The van der Waals surface area contributed by atoms with Crippen LogP contribution in [0.2, 0.25) is 0 Å². The fraction of sp³-hybridized carbons (Fsp3) is 0.333. The number of nitrogens with one attached hydrogen (secondary N) is 1. The molecule has 1 aromatic rings. The van der Waals surface area contributed by atoms with Gasteiger partial charge in [-0.05, 0) is 31.2 Å². The minimum atomic E-state index is -1.66. The van der Waals surface area contributed by atoms with Gasteiger partial charge in [0.15, 0.2) is 6.10 Å². The number of hydrogen-bond acceptors (Lipinski definition) is 3. The van der Waals surface area contributed by atoms with E-state index in [2.05, 4.69) is 5.32 Å². The molecule has 2 amide bonds. The fourth-order valence-corrected chi connectivity index (χ4v) is 1.43. The van der Waals surface area contributed by atoms with E-state index in [4.69, 9.17) is 10.2 Å². The van der Waals surface area contributed by atoms with Gasteiger partial charge in [0.05, 0.1) is 6.54 Å². The zero-order valence-corrected chi connectivity index (χ0v) is 10.3. The van der Waals surface area contributed by atoms with Crippen molar-refractivity contribution in [3.8, 4) is 0 Å². The highest BCUT2D eigenvalue weighted by Crippen LogP contribution is 2.14. The molecule has 0 fully saturated rings. The van der Waals surface area contributed by atoms with Crippen molar-refractivity contribution in [2.75, 3.05) is 18.0 Å². The fourth-order valence-electron chi connectivity index (χ4n) is 1.43. The average Bonchev–Trinajstić information content (AvgIpc) is 2.38. The van der Waals surface area contributed by atoms with E-state index >= 15 is 0 Å². The number of carboxylic acid groups (broad SMARTS) is 1. The van der Waals surface area contributed by atoms with Crippen LogP contribution in [-0.4, -0.2) is 41.4 Å². The first-order valence-electron chi connectivity index (χ1n) is 5.67. The number of aliphatic hydroxyl groups is 1. The van der Waals surface area contributed by atoms with Gasteiger partial charge < -0.3 is 15.5 Å². The topological polar surface area (TPSA) is 89.9 Å². The monoisotopic (exact) mass is 270 g/mol. The van der Waals surface area contributed by atoms with E-state index < -0.39 is 30.5 Å². The molecule has 1 atom stereocenters. The molecule has 0 aliphatic carbocycles. The van der Waals surface area contributed by atoms with E-state index in [9.17, 15) is 14.0 Å². The van der Waals surface area contributed by atoms with Gasteiger partial charge >= 0.3 is 12.0 Å². The van der Waals surface area contributed by atoms with Crippen LogP contribution in [0.3, 0.4) is 0 Å². The maximum atomic E-state index is 12.8. The van der Waals surface area contributed by atoms with Crippen molar-refractivity contribution in [3.63, 3.8) is 0 Å². The van der Waals surface area contributed by atoms with Crippen LogP contribution in [-0.2, 0) is 4.79 Å². The highest BCUT2D eigenvalue weighted by atomic mass is 19.1. The number of halogens is 1. The molecule has 3 N–H and O–H groups in total. The number of nitrogens with zero attached hydrogens (tertiary/aromatic N) is 1. The normalized spacial score (nSPS) is 11.7. The van der Waals surface area contributed by atoms with Gasteiger partial charge in [-0.3, -0.25) is 4.90 Å². The Labute approximate surface area is 109 Å². The van der Waals surface area contributed by atoms with Crippen LogP contribution in [0.4, 0.5) is 14.9 Å². The molecule has 19 heavy (non-hydrogen) atoms. The number of benzene rings is 1. The largest absolute Gasteiger partial charge is 0.479 e. The molecule has 0 aromatic heterocycles. The van der Waals surface area contributed by atoms with Crippen LogP contribution in [0.15, 0.2) is 24.3 Å². The highest BCUT2D eigenvalue weighted by molar-refractivity contribution is 5.92. The van der Waals surface area contributed by atoms with Crippen LogP contribution < -0.4 is 10.2 Å². The number of carboxylic acids is 1. The van der Waals surface area contributed by atoms with Gasteiger partial charge in [0, 0.05) is 12.2 Å². The van der Waals surface area contributed by atoms with Crippen LogP contribution in [0.1, 0.15) is 6.92 Å². The summed E-state index contributed by atoms with van der Waals surface area (Å²) in [4.78, 5) is 23.5. The summed E-state index contributed by atoms with van der Waals surface area (Å²) in [5, 5.41) is 19.8. The zero-order chi connectivity index (χ0) is 14.4. The number of carbonyl (C=O) groups excluding carboxylic acids is 1. The van der Waals surface area contributed by atoms with E-state index in [1.165, 1.54) is 29.2 Å². The number of aliphatic carboxylic acids is 1. The first kappa shape index (κ1) is 14.9. The van der Waals surface area contributed by atoms with Crippen LogP contribution in [0.25, 0.3) is 0 Å². The Kier molecular flexibility index (Phi) is 5.25. The van der Waals surface area contributed by atoms with Gasteiger partial charge in [-0.1, -0.05) is 0 Å². The quantitative estimate of drug-likeness (QED) is 0.738. The lowest BCUT2D eigenvalue weighted by atomic mass is 10.3. The number of urea groups is 1. The minimum absolute atomic E-state index is 0.320. The van der Waals surface area contributed by atoms with Gasteiger partial charge in [-0.25, -0.2) is 14.0 Å². The molecule has 6 nitrogen and oxygen atoms in total. The summed E-state index contributed by atoms with van der Waals surface area (Å²) in [7, 11) is 0. The lowest BCUT2D eigenvalue weighted by Crippen LogP contribution is -2.44. The maximum Gasteiger partial charge on any atom is 0.334 e. The van der Waals surface area contributed by atoms with Crippen molar-refractivity contribution in [3.05, 3.63) is 30.1 Å². The van der Waals surface area contributed by atoms with Crippen molar-refractivity contribution in [1.82, 2.24) is 5.32 Å². The molecule has 7 heteroatoms. The Morgan fingerprint density at radius 3 is 2.42 bits per heavy atom. The predicted octanol–water partition coefficient (Wildman–Crippen LogP) is 0.807. The molecule has 0 saturated heterocycles. The van der Waals surface area contributed by atoms with Crippen LogP contribution in [0, 0.1) is 5.82 Å². The third kappa shape index (κ3) is 4.22. The SMILES string of the molecule is CCN(C(=O)NC[C@H](O)C(=O)O)c1ccc(F)cc1. The van der Waals surface area contributed by atoms with E-state index in [0.29, 0.717) is 12.2 Å². The van der Waals surface area contributed by atoms with Gasteiger partial charge in [-0.15, -0.1) is 0 Å². The van der Waals surface area contributed by atoms with Gasteiger partial charge in [0.1, 0.15) is 5.82 Å². The Bertz CT molecular complexity index is 450. The molecular formula is C12H15FN2O4. The summed E-state index contributed by atoms with van der Waals surface area (Å²) in [6, 6.07) is 4.75. The molecule has 0 spiro atoms. The molecule has 0 unspecified atom stereocenters. The third-order valence-electron chi connectivity index (χ3n) is 2.43. The minimum Gasteiger partial charge on any atom is -0.479 e. The summed E-state index contributed by atoms with van der Waals surface area (Å²) in [6.45, 7) is 1.64. The molecule has 0 heterocycles. The number of hydrogen-bond donors (Lipinski definition) is 3. The average molecular weight is 270 g/mol. The predicted molar refractivity (Wildman–Crippen MR) is 66.5 cm³/mol. The van der Waals surface area contributed by atoms with Gasteiger partial charge in [0.2, 0.25) is 0 Å². The molecule has 0 aliphatic heterocycles. The lowest BCUT2D eigenvalue weighted by molar-refractivity contribution is -0.146. The maximum absolute atomic E-state index is 12.8. The van der Waals surface area contributed by atoms with Crippen molar-refractivity contribution in [2.45, 2.75) is 13.0 Å². The molecule has 1 aromatic carbocycles. The molecule has 0 saturated carbocycles. The number of amides is 2. The second-order valence-corrected chi connectivity index (χ2v) is 3.76. The molecule has 0 aliphatic rings. The number of rotatable bonds is 5. The van der Waals surface area contributed by atoms with Crippen molar-refractivity contribution in [1.29, 1.82) is 0 Å². The first-order chi connectivity index (χ1) is 8.95. The van der Waals surface area contributed by atoms with Crippen molar-refractivity contribution in [2.24, 2.45) is 0 Å². The second kappa shape index (κ2) is 6.69. The lowest BCUT2D eigenvalue weighted by Gasteiger charge is -2.21. The van der Waals surface area contributed by atoms with Crippen molar-refractivity contribution < 1.29 is 24.2 Å². The molecule has 104 valence electrons. The highest BCUT2D eigenvalue weighted by Gasteiger charge is 2.18. The third-order valence-corrected chi connectivity index (χ3v) is 2.43. The Hall–Kier alpha value is -2.15. The van der Waals surface area contributed by atoms with E-state index in [1.54, 1.807) is 6.92 Å². The molecule has 1 rings (SSSR count). The standard InChI is InChI=1S/C12H15FN2O4/c1-2-15(9-5-3-8(13)4-6-9)12(19)14-7-10(16)11(17)18/h3-6,10,16H,2,7H2,1H3,(H,14,19)(H,17,18)/t10-/m0/s1. The first-order valence-corrected chi connectivity index (χ1v) is 5.67. The van der Waals surface area contributed by atoms with E-state index in [-0.39, 0.29) is 0 Å². The summed E-state index contributed by atoms with van der Waals surface area (Å²) in [5.41, 5.74) is 0.478. The van der Waals surface area contributed by atoms with Crippen molar-refractivity contribution >= 4 is 17.7 Å². The number of aliphatic hydroxyl groups excluding tert-OH is 1. The van der Waals surface area contributed by atoms with E-state index in [1.807, 2.05) is 0 Å². The Morgan fingerprint density at radius 1 is 1.37 bits per heavy atom. The summed E-state index contributed by atoms with van der Waals surface area (Å²) < 4.78 is 12.8. The molecular weight excluding hydrogens is 255 g/mol. The summed E-state index contributed by atoms with van der Waals surface area (Å²) in [6.07, 6.45) is -1.66. The Morgan fingerprint density at radius 2 is 1.95 bits per heavy atom. The smallest absolute Gasteiger partial charge is 0.334 e. The van der Waals surface area contributed by atoms with Crippen LogP contribution >= 0.6 is 0 Å². The molecule has 0 bridgehead atoms. The van der Waals surface area contributed by atoms with Gasteiger partial charge in [-0.2, -0.15) is 0 Å². The second-order valence-electron chi connectivity index (χ2n) is 3.76. The number of carbonyl (C=O) groups is 2. The van der Waals surface area contributed by atoms with Crippen LogP contribution in [0.5, 0.6) is 0 Å². The van der Waals surface area contributed by atoms with E-state index in [0.717, 1.165) is 0 Å². The number of anilines is 1. The Balaban J connectivity index is 2.67. The zero-order valence-electron chi connectivity index (χ0n) is 10.3. The summed E-state index contributed by atoms with van der Waals surface area (Å²) in [5.74, 6) is -1.83. The van der Waals surface area contributed by atoms with Gasteiger partial charge in [0.25, 0.3) is 0 Å². The molecule has 0 radical (unpaired) electrons.